The lowest BCUT2D eigenvalue weighted by atomic mass is 10.5. The third kappa shape index (κ3) is 2.47. The molecule has 1 aromatic rings. The molecule has 1 heterocycles. The van der Waals surface area contributed by atoms with E-state index < -0.39 is 0 Å². The molecule has 2 N–H and O–H groups in total. The molecule has 0 unspecified atom stereocenters. The molecule has 0 radical (unpaired) electrons. The van der Waals surface area contributed by atoms with Gasteiger partial charge in [-0.3, -0.25) is 5.10 Å². The second kappa shape index (κ2) is 4.67. The van der Waals surface area contributed by atoms with Crippen LogP contribution in [-0.2, 0) is 0 Å². The average molecular weight is 182 g/mol. The summed E-state index contributed by atoms with van der Waals surface area (Å²) in [4.78, 5) is 0. The Bertz CT molecular complexity index is 275. The molecule has 0 saturated heterocycles. The van der Waals surface area contributed by atoms with E-state index >= 15 is 0 Å². The second-order valence-electron chi connectivity index (χ2n) is 2.23. The van der Waals surface area contributed by atoms with Crippen LogP contribution in [-0.4, -0.2) is 16.0 Å². The van der Waals surface area contributed by atoms with Crippen molar-refractivity contribution in [3.63, 3.8) is 0 Å². The van der Waals surface area contributed by atoms with E-state index in [2.05, 4.69) is 21.8 Å². The van der Waals surface area contributed by atoms with Crippen molar-refractivity contribution < 1.29 is 0 Å². The summed E-state index contributed by atoms with van der Waals surface area (Å²) in [5.74, 6) is 1.75. The Kier molecular flexibility index (Phi) is 3.48. The van der Waals surface area contributed by atoms with Crippen LogP contribution in [0.1, 0.15) is 19.0 Å². The van der Waals surface area contributed by atoms with Crippen LogP contribution in [0.15, 0.2) is 6.07 Å². The first-order chi connectivity index (χ1) is 5.86. The van der Waals surface area contributed by atoms with Gasteiger partial charge in [-0.1, -0.05) is 18.9 Å². The van der Waals surface area contributed by atoms with Crippen LogP contribution < -0.4 is 4.72 Å². The van der Waals surface area contributed by atoms with Crippen LogP contribution in [0, 0.1) is 11.3 Å². The van der Waals surface area contributed by atoms with Crippen molar-refractivity contribution in [2.45, 2.75) is 13.3 Å². The Labute approximate surface area is 75.5 Å². The molecule has 0 amide bonds. The minimum Gasteiger partial charge on any atom is -0.313 e. The number of anilines is 1. The molecule has 64 valence electrons. The summed E-state index contributed by atoms with van der Waals surface area (Å²) in [6, 6.07) is 3.65. The zero-order chi connectivity index (χ0) is 8.81. The predicted octanol–water partition coefficient (Wildman–Crippen LogP) is 1.75. The van der Waals surface area contributed by atoms with Gasteiger partial charge < -0.3 is 4.72 Å². The van der Waals surface area contributed by atoms with E-state index in [1.165, 1.54) is 0 Å². The van der Waals surface area contributed by atoms with Gasteiger partial charge >= 0.3 is 0 Å². The fourth-order valence-electron chi connectivity index (χ4n) is 0.658. The summed E-state index contributed by atoms with van der Waals surface area (Å²) in [7, 11) is 0. The topological polar surface area (TPSA) is 64.5 Å². The van der Waals surface area contributed by atoms with Gasteiger partial charge in [-0.2, -0.15) is 10.4 Å². The molecule has 0 fully saturated rings. The first kappa shape index (κ1) is 8.94. The van der Waals surface area contributed by atoms with E-state index in [0.717, 1.165) is 12.2 Å². The molecule has 0 spiro atoms. The summed E-state index contributed by atoms with van der Waals surface area (Å²) in [6.07, 6.45) is 1.12. The predicted molar refractivity (Wildman–Crippen MR) is 49.7 cm³/mol. The maximum Gasteiger partial charge on any atom is 0.159 e. The highest BCUT2D eigenvalue weighted by molar-refractivity contribution is 8.00. The summed E-state index contributed by atoms with van der Waals surface area (Å²) >= 11 is 1.59. The molecular formula is C7H10N4S. The Hall–Kier alpha value is -1.15. The van der Waals surface area contributed by atoms with Crippen molar-refractivity contribution in [2.75, 3.05) is 10.5 Å². The third-order valence-electron chi connectivity index (χ3n) is 1.18. The van der Waals surface area contributed by atoms with Crippen molar-refractivity contribution in [1.82, 2.24) is 10.2 Å². The monoisotopic (exact) mass is 182 g/mol. The fraction of sp³-hybridized carbons (Fsp3) is 0.429. The largest absolute Gasteiger partial charge is 0.313 e. The summed E-state index contributed by atoms with van der Waals surface area (Å²) in [5.41, 5.74) is 0.481. The van der Waals surface area contributed by atoms with Crippen molar-refractivity contribution in [2.24, 2.45) is 0 Å². The van der Waals surface area contributed by atoms with Crippen LogP contribution in [0.25, 0.3) is 0 Å². The summed E-state index contributed by atoms with van der Waals surface area (Å²) < 4.78 is 3.02. The molecule has 0 atom stereocenters. The molecule has 0 saturated carbocycles. The van der Waals surface area contributed by atoms with E-state index in [0.29, 0.717) is 11.5 Å². The maximum atomic E-state index is 8.47. The van der Waals surface area contributed by atoms with Gasteiger partial charge in [-0.25, -0.2) is 0 Å². The third-order valence-corrected chi connectivity index (χ3v) is 2.15. The smallest absolute Gasteiger partial charge is 0.159 e. The zero-order valence-electron chi connectivity index (χ0n) is 6.79. The number of aromatic amines is 1. The molecular weight excluding hydrogens is 172 g/mol. The minimum atomic E-state index is 0.481. The Morgan fingerprint density at radius 2 is 2.67 bits per heavy atom. The lowest BCUT2D eigenvalue weighted by Crippen LogP contribution is -1.87. The van der Waals surface area contributed by atoms with Gasteiger partial charge in [0.25, 0.3) is 0 Å². The quantitative estimate of drug-likeness (QED) is 0.550. The highest BCUT2D eigenvalue weighted by atomic mass is 32.2. The zero-order valence-corrected chi connectivity index (χ0v) is 7.61. The van der Waals surface area contributed by atoms with Crippen LogP contribution in [0.4, 0.5) is 5.82 Å². The molecule has 0 aliphatic carbocycles. The molecule has 12 heavy (non-hydrogen) atoms. The van der Waals surface area contributed by atoms with E-state index in [1.54, 1.807) is 18.0 Å². The van der Waals surface area contributed by atoms with Crippen LogP contribution in [0.3, 0.4) is 0 Å². The molecule has 0 aromatic carbocycles. The van der Waals surface area contributed by atoms with E-state index in [1.807, 2.05) is 6.07 Å². The molecule has 1 rings (SSSR count). The Morgan fingerprint density at radius 3 is 3.25 bits per heavy atom. The van der Waals surface area contributed by atoms with Crippen LogP contribution in [0.2, 0.25) is 0 Å². The van der Waals surface area contributed by atoms with E-state index in [9.17, 15) is 0 Å². The maximum absolute atomic E-state index is 8.47. The highest BCUT2D eigenvalue weighted by Crippen LogP contribution is 2.10. The van der Waals surface area contributed by atoms with Gasteiger partial charge in [0.15, 0.2) is 5.82 Å². The second-order valence-corrected chi connectivity index (χ2v) is 3.13. The van der Waals surface area contributed by atoms with Crippen LogP contribution in [0.5, 0.6) is 0 Å². The first-order valence-electron chi connectivity index (χ1n) is 3.70. The highest BCUT2D eigenvalue weighted by Gasteiger charge is 1.97. The number of H-pyrrole nitrogens is 1. The van der Waals surface area contributed by atoms with Gasteiger partial charge in [0.2, 0.25) is 0 Å². The molecule has 0 bridgehead atoms. The van der Waals surface area contributed by atoms with Crippen molar-refractivity contribution in [3.8, 4) is 6.07 Å². The van der Waals surface area contributed by atoms with Gasteiger partial charge in [0.1, 0.15) is 11.8 Å². The lowest BCUT2D eigenvalue weighted by Gasteiger charge is -1.97. The van der Waals surface area contributed by atoms with E-state index in [4.69, 9.17) is 5.26 Å². The first-order valence-corrected chi connectivity index (χ1v) is 4.68. The molecule has 1 aromatic heterocycles. The van der Waals surface area contributed by atoms with Gasteiger partial charge in [0, 0.05) is 11.8 Å². The Balaban J connectivity index is 2.38. The SMILES string of the molecule is CCCSNc1cc(C#N)[nH]n1. The molecule has 0 aliphatic heterocycles. The average Bonchev–Trinajstić information content (AvgIpc) is 2.53. The normalized spacial score (nSPS) is 9.33. The van der Waals surface area contributed by atoms with Crippen molar-refractivity contribution >= 4 is 17.8 Å². The molecule has 4 nitrogen and oxygen atoms in total. The van der Waals surface area contributed by atoms with Gasteiger partial charge in [-0.15, -0.1) is 0 Å². The number of nitrogens with zero attached hydrogens (tertiary/aromatic N) is 2. The summed E-state index contributed by atoms with van der Waals surface area (Å²) in [5, 5.41) is 14.9. The minimum absolute atomic E-state index is 0.481. The molecule has 0 aliphatic rings. The van der Waals surface area contributed by atoms with E-state index in [-0.39, 0.29) is 0 Å². The van der Waals surface area contributed by atoms with Gasteiger partial charge in [0.05, 0.1) is 0 Å². The standard InChI is InChI=1S/C7H10N4S/c1-2-3-12-11-7-4-6(5-8)9-10-7/h4H,2-3H2,1H3,(H2,9,10,11). The number of rotatable bonds is 4. The van der Waals surface area contributed by atoms with Gasteiger partial charge in [-0.05, 0) is 6.42 Å². The molecule has 5 heteroatoms. The fourth-order valence-corrected chi connectivity index (χ4v) is 1.22. The number of aromatic nitrogens is 2. The number of hydrogen-bond donors (Lipinski definition) is 2. The van der Waals surface area contributed by atoms with Crippen LogP contribution >= 0.6 is 11.9 Å². The number of hydrogen-bond acceptors (Lipinski definition) is 4. The van der Waals surface area contributed by atoms with Crippen molar-refractivity contribution in [1.29, 1.82) is 5.26 Å². The van der Waals surface area contributed by atoms with Crippen molar-refractivity contribution in [3.05, 3.63) is 11.8 Å². The number of nitriles is 1. The lowest BCUT2D eigenvalue weighted by molar-refractivity contribution is 1.08. The Morgan fingerprint density at radius 1 is 1.83 bits per heavy atom. The number of nitrogens with one attached hydrogen (secondary N) is 2. The summed E-state index contributed by atoms with van der Waals surface area (Å²) in [6.45, 7) is 2.11.